The zero-order valence-corrected chi connectivity index (χ0v) is 19.2. The highest BCUT2D eigenvalue weighted by atomic mass is 16.6. The zero-order chi connectivity index (χ0) is 25.1. The van der Waals surface area contributed by atoms with E-state index in [1.807, 2.05) is 0 Å². The molecule has 0 spiro atoms. The van der Waals surface area contributed by atoms with Crippen molar-refractivity contribution in [3.8, 4) is 5.75 Å². The fraction of sp³-hybridized carbons (Fsp3) is 0.348. The molecular formula is C23H29N5O6. The van der Waals surface area contributed by atoms with E-state index in [2.05, 4.69) is 26.1 Å². The Morgan fingerprint density at radius 2 is 1.68 bits per heavy atom. The number of nitrogens with zero attached hydrogens (tertiary/aromatic N) is 2. The van der Waals surface area contributed by atoms with Gasteiger partial charge in [0.2, 0.25) is 5.91 Å². The number of benzene rings is 1. The maximum absolute atomic E-state index is 12.8. The van der Waals surface area contributed by atoms with Gasteiger partial charge in [-0.1, -0.05) is 12.1 Å². The second kappa shape index (κ2) is 12.3. The Kier molecular flexibility index (Phi) is 9.50. The molecule has 0 radical (unpaired) electrons. The molecule has 2 atom stereocenters. The fourth-order valence-corrected chi connectivity index (χ4v) is 2.69. The minimum Gasteiger partial charge on any atom is -0.508 e. The molecule has 1 aromatic carbocycles. The molecule has 0 aliphatic heterocycles. The smallest absolute Gasteiger partial charge is 0.408 e. The number of rotatable bonds is 9. The van der Waals surface area contributed by atoms with Crippen LogP contribution in [-0.2, 0) is 20.7 Å². The Morgan fingerprint density at radius 1 is 1.03 bits per heavy atom. The molecule has 5 N–H and O–H groups in total. The number of pyridine rings is 1. The number of aliphatic hydroxyl groups excluding tert-OH is 1. The number of carbonyl (C=O) groups is 3. The normalized spacial score (nSPS) is 13.1. The highest BCUT2D eigenvalue weighted by molar-refractivity contribution is 5.92. The maximum Gasteiger partial charge on any atom is 0.408 e. The van der Waals surface area contributed by atoms with E-state index in [0.29, 0.717) is 11.1 Å². The molecule has 2 aromatic rings. The highest BCUT2D eigenvalue weighted by Gasteiger charge is 2.28. The van der Waals surface area contributed by atoms with E-state index >= 15 is 0 Å². The van der Waals surface area contributed by atoms with E-state index in [0.717, 1.165) is 0 Å². The number of nitrogens with one attached hydrogen (secondary N) is 3. The maximum atomic E-state index is 12.8. The molecule has 3 amide bonds. The van der Waals surface area contributed by atoms with Gasteiger partial charge in [-0.15, -0.1) is 0 Å². The topological polar surface area (TPSA) is 162 Å². The molecule has 34 heavy (non-hydrogen) atoms. The van der Waals surface area contributed by atoms with Crippen molar-refractivity contribution < 1.29 is 29.3 Å². The molecular weight excluding hydrogens is 442 g/mol. The first-order chi connectivity index (χ1) is 16.1. The number of aromatic nitrogens is 1. The van der Waals surface area contributed by atoms with Crippen LogP contribution < -0.4 is 16.1 Å². The van der Waals surface area contributed by atoms with E-state index in [9.17, 15) is 24.6 Å². The SMILES string of the molecule is CC(C)(C)OC(=O)N[C@@H](CO)C(=O)N[C@@H](Cc1ccc(O)cc1)C(=O)N/N=C\c1ccncc1. The van der Waals surface area contributed by atoms with Gasteiger partial charge in [0.05, 0.1) is 12.8 Å². The van der Waals surface area contributed by atoms with Gasteiger partial charge in [-0.05, 0) is 56.2 Å². The number of amides is 3. The lowest BCUT2D eigenvalue weighted by atomic mass is 10.0. The van der Waals surface area contributed by atoms with Crippen LogP contribution in [0.3, 0.4) is 0 Å². The second-order valence-corrected chi connectivity index (χ2v) is 8.33. The minimum atomic E-state index is -1.34. The van der Waals surface area contributed by atoms with Crippen molar-refractivity contribution in [2.75, 3.05) is 6.61 Å². The quantitative estimate of drug-likeness (QED) is 0.267. The highest BCUT2D eigenvalue weighted by Crippen LogP contribution is 2.12. The molecule has 1 heterocycles. The van der Waals surface area contributed by atoms with Gasteiger partial charge in [0.1, 0.15) is 23.4 Å². The molecule has 0 aliphatic carbocycles. The number of hydrazone groups is 1. The van der Waals surface area contributed by atoms with Crippen molar-refractivity contribution in [2.24, 2.45) is 5.10 Å². The molecule has 0 aliphatic rings. The van der Waals surface area contributed by atoms with E-state index in [4.69, 9.17) is 4.74 Å². The van der Waals surface area contributed by atoms with Crippen molar-refractivity contribution in [1.82, 2.24) is 21.0 Å². The van der Waals surface area contributed by atoms with E-state index < -0.39 is 42.2 Å². The van der Waals surface area contributed by atoms with Crippen LogP contribution in [0.5, 0.6) is 5.75 Å². The summed E-state index contributed by atoms with van der Waals surface area (Å²) in [5, 5.41) is 27.8. The first kappa shape index (κ1) is 26.3. The van der Waals surface area contributed by atoms with Crippen LogP contribution in [0.25, 0.3) is 0 Å². The Bertz CT molecular complexity index is 989. The summed E-state index contributed by atoms with van der Waals surface area (Å²) in [5.41, 5.74) is 2.93. The van der Waals surface area contributed by atoms with Crippen molar-refractivity contribution in [2.45, 2.75) is 44.9 Å². The number of phenols is 1. The van der Waals surface area contributed by atoms with Gasteiger partial charge in [0.25, 0.3) is 5.91 Å². The third kappa shape index (κ3) is 9.25. The minimum absolute atomic E-state index is 0.0534. The Hall–Kier alpha value is -3.99. The van der Waals surface area contributed by atoms with Crippen molar-refractivity contribution in [3.05, 3.63) is 59.9 Å². The third-order valence-corrected chi connectivity index (χ3v) is 4.29. The largest absolute Gasteiger partial charge is 0.508 e. The molecule has 11 nitrogen and oxygen atoms in total. The summed E-state index contributed by atoms with van der Waals surface area (Å²) < 4.78 is 5.11. The zero-order valence-electron chi connectivity index (χ0n) is 19.2. The Morgan fingerprint density at radius 3 is 2.26 bits per heavy atom. The van der Waals surface area contributed by atoms with E-state index in [1.165, 1.54) is 18.3 Å². The molecule has 0 fully saturated rings. The van der Waals surface area contributed by atoms with Crippen molar-refractivity contribution in [3.63, 3.8) is 0 Å². The van der Waals surface area contributed by atoms with Gasteiger partial charge >= 0.3 is 6.09 Å². The van der Waals surface area contributed by atoms with Gasteiger partial charge in [0.15, 0.2) is 0 Å². The molecule has 11 heteroatoms. The van der Waals surface area contributed by atoms with Gasteiger partial charge in [-0.3, -0.25) is 14.6 Å². The van der Waals surface area contributed by atoms with Gasteiger partial charge in [-0.2, -0.15) is 5.10 Å². The number of ether oxygens (including phenoxy) is 1. The van der Waals surface area contributed by atoms with Gasteiger partial charge in [-0.25, -0.2) is 10.2 Å². The molecule has 0 saturated heterocycles. The average molecular weight is 472 g/mol. The molecule has 0 bridgehead atoms. The monoisotopic (exact) mass is 471 g/mol. The molecule has 1 aromatic heterocycles. The number of phenolic OH excluding ortho intramolecular Hbond substituents is 1. The summed E-state index contributed by atoms with van der Waals surface area (Å²) in [6.45, 7) is 4.26. The van der Waals surface area contributed by atoms with Crippen LogP contribution in [0, 0.1) is 0 Å². The number of aromatic hydroxyl groups is 1. The summed E-state index contributed by atoms with van der Waals surface area (Å²) in [4.78, 5) is 41.4. The predicted molar refractivity (Wildman–Crippen MR) is 124 cm³/mol. The summed E-state index contributed by atoms with van der Waals surface area (Å²) >= 11 is 0. The van der Waals surface area contributed by atoms with Crippen LogP contribution in [0.15, 0.2) is 53.9 Å². The first-order valence-corrected chi connectivity index (χ1v) is 10.5. The molecule has 2 rings (SSSR count). The number of alkyl carbamates (subject to hydrolysis) is 1. The first-order valence-electron chi connectivity index (χ1n) is 10.5. The summed E-state index contributed by atoms with van der Waals surface area (Å²) in [6.07, 6.45) is 3.74. The standard InChI is InChI=1S/C23H29N5O6/c1-23(2,3)34-22(33)27-19(14-29)20(31)26-18(12-15-4-6-17(30)7-5-15)21(32)28-25-13-16-8-10-24-11-9-16/h4-11,13,18-19,29-30H,12,14H2,1-3H3,(H,26,31)(H,27,33)(H,28,32)/b25-13-/t18-,19-/m0/s1. The van der Waals surface area contributed by atoms with E-state index in [1.54, 1.807) is 57.4 Å². The van der Waals surface area contributed by atoms with Gasteiger partial charge in [0, 0.05) is 18.8 Å². The number of hydrogen-bond acceptors (Lipinski definition) is 8. The Labute approximate surface area is 197 Å². The summed E-state index contributed by atoms with van der Waals surface area (Å²) in [7, 11) is 0. The average Bonchev–Trinajstić information content (AvgIpc) is 2.77. The lowest BCUT2D eigenvalue weighted by molar-refractivity contribution is -0.130. The van der Waals surface area contributed by atoms with Crippen LogP contribution in [-0.4, -0.2) is 63.6 Å². The summed E-state index contributed by atoms with van der Waals surface area (Å²) in [5.74, 6) is -1.36. The molecule has 0 unspecified atom stereocenters. The van der Waals surface area contributed by atoms with E-state index in [-0.39, 0.29) is 12.2 Å². The van der Waals surface area contributed by atoms with Crippen molar-refractivity contribution in [1.29, 1.82) is 0 Å². The fourth-order valence-electron chi connectivity index (χ4n) is 2.69. The third-order valence-electron chi connectivity index (χ3n) is 4.29. The van der Waals surface area contributed by atoms with Crippen LogP contribution >= 0.6 is 0 Å². The lowest BCUT2D eigenvalue weighted by Gasteiger charge is -2.24. The Balaban J connectivity index is 2.11. The predicted octanol–water partition coefficient (Wildman–Crippen LogP) is 0.850. The molecule has 182 valence electrons. The van der Waals surface area contributed by atoms with Gasteiger partial charge < -0.3 is 25.6 Å². The second-order valence-electron chi connectivity index (χ2n) is 8.33. The number of aliphatic hydroxyl groups is 1. The van der Waals surface area contributed by atoms with Crippen LogP contribution in [0.2, 0.25) is 0 Å². The van der Waals surface area contributed by atoms with Crippen molar-refractivity contribution >= 4 is 24.1 Å². The number of hydrogen-bond donors (Lipinski definition) is 5. The lowest BCUT2D eigenvalue weighted by Crippen LogP contribution is -2.55. The van der Waals surface area contributed by atoms with Crippen LogP contribution in [0.4, 0.5) is 4.79 Å². The van der Waals surface area contributed by atoms with Crippen LogP contribution in [0.1, 0.15) is 31.9 Å². The number of carbonyl (C=O) groups excluding carboxylic acids is 3. The molecule has 0 saturated carbocycles. The summed E-state index contributed by atoms with van der Waals surface area (Å²) in [6, 6.07) is 7.06.